The summed E-state index contributed by atoms with van der Waals surface area (Å²) in [5.74, 6) is 0.612. The highest BCUT2D eigenvalue weighted by Gasteiger charge is 2.46. The molecule has 1 aliphatic heterocycles. The van der Waals surface area contributed by atoms with Crippen molar-refractivity contribution in [2.75, 3.05) is 5.75 Å². The zero-order valence-corrected chi connectivity index (χ0v) is 15.5. The molecule has 1 fully saturated rings. The summed E-state index contributed by atoms with van der Waals surface area (Å²) in [6.07, 6.45) is -2.85. The molecule has 28 heavy (non-hydrogen) atoms. The van der Waals surface area contributed by atoms with Gasteiger partial charge in [0.1, 0.15) is 11.3 Å². The van der Waals surface area contributed by atoms with E-state index in [0.29, 0.717) is 11.3 Å². The van der Waals surface area contributed by atoms with Crippen molar-refractivity contribution >= 4 is 42.1 Å². The van der Waals surface area contributed by atoms with Gasteiger partial charge < -0.3 is 23.4 Å². The van der Waals surface area contributed by atoms with Gasteiger partial charge >= 0.3 is 5.63 Å². The van der Waals surface area contributed by atoms with Crippen LogP contribution in [0.3, 0.4) is 0 Å². The Hall–Kier alpha value is -3.01. The number of hydrogen-bond acceptors (Lipinski definition) is 10. The Morgan fingerprint density at radius 3 is 2.46 bits per heavy atom. The van der Waals surface area contributed by atoms with Gasteiger partial charge in [0.05, 0.1) is 0 Å². The van der Waals surface area contributed by atoms with Crippen LogP contribution in [0.5, 0.6) is 5.75 Å². The number of thioether (sulfide) groups is 1. The summed E-state index contributed by atoms with van der Waals surface area (Å²) in [5.41, 5.74) is -0.125. The van der Waals surface area contributed by atoms with E-state index in [1.54, 1.807) is 25.1 Å². The Labute approximate surface area is 162 Å². The number of carbonyl (C=O) groups is 3. The predicted molar refractivity (Wildman–Crippen MR) is 96.9 cm³/mol. The maximum absolute atomic E-state index is 11.6. The third-order valence-corrected chi connectivity index (χ3v) is 5.43. The highest BCUT2D eigenvalue weighted by atomic mass is 32.2. The quantitative estimate of drug-likeness (QED) is 0.358. The van der Waals surface area contributed by atoms with Crippen LogP contribution in [0.1, 0.15) is 5.56 Å². The fourth-order valence-corrected chi connectivity index (χ4v) is 4.22. The number of aryl methyl sites for hydroxylation is 1. The summed E-state index contributed by atoms with van der Waals surface area (Å²) in [6, 6.07) is 6.36. The molecule has 10 heteroatoms. The monoisotopic (exact) mass is 408 g/mol. The van der Waals surface area contributed by atoms with Crippen molar-refractivity contribution in [1.29, 1.82) is 0 Å². The van der Waals surface area contributed by atoms with Gasteiger partial charge in [-0.3, -0.25) is 14.4 Å². The number of carbonyl (C=O) groups excluding carboxylic acids is 3. The molecule has 0 saturated carbocycles. The molecular formula is C18H16O9S. The van der Waals surface area contributed by atoms with Crippen LogP contribution in [0.25, 0.3) is 11.0 Å². The minimum absolute atomic E-state index is 0.188. The van der Waals surface area contributed by atoms with Crippen molar-refractivity contribution in [2.24, 2.45) is 0 Å². The van der Waals surface area contributed by atoms with E-state index >= 15 is 0 Å². The Balaban J connectivity index is 1.88. The Kier molecular flexibility index (Phi) is 6.19. The second-order valence-electron chi connectivity index (χ2n) is 5.89. The van der Waals surface area contributed by atoms with E-state index in [4.69, 9.17) is 23.4 Å². The van der Waals surface area contributed by atoms with Crippen molar-refractivity contribution in [2.45, 2.75) is 30.7 Å². The molecule has 0 aliphatic carbocycles. The average molecular weight is 408 g/mol. The molecule has 0 N–H and O–H groups in total. The van der Waals surface area contributed by atoms with Gasteiger partial charge in [-0.1, -0.05) is 0 Å². The van der Waals surface area contributed by atoms with Crippen LogP contribution in [-0.2, 0) is 28.6 Å². The molecule has 2 aromatic rings. The van der Waals surface area contributed by atoms with E-state index in [1.807, 2.05) is 0 Å². The van der Waals surface area contributed by atoms with Crippen LogP contribution in [0.15, 0.2) is 33.5 Å². The lowest BCUT2D eigenvalue weighted by molar-refractivity contribution is -0.171. The van der Waals surface area contributed by atoms with E-state index in [-0.39, 0.29) is 25.2 Å². The fourth-order valence-electron chi connectivity index (χ4n) is 2.98. The Bertz CT molecular complexity index is 925. The van der Waals surface area contributed by atoms with E-state index in [1.165, 1.54) is 17.8 Å². The molecule has 3 rings (SSSR count). The predicted octanol–water partition coefficient (Wildman–Crippen LogP) is 1.18. The third kappa shape index (κ3) is 4.11. The van der Waals surface area contributed by atoms with Gasteiger partial charge in [-0.05, 0) is 24.6 Å². The first-order valence-corrected chi connectivity index (χ1v) is 9.22. The number of rotatable bonds is 8. The van der Waals surface area contributed by atoms with Crippen molar-refractivity contribution in [3.8, 4) is 5.75 Å². The van der Waals surface area contributed by atoms with Crippen molar-refractivity contribution in [3.05, 3.63) is 40.2 Å². The van der Waals surface area contributed by atoms with Crippen molar-refractivity contribution < 1.29 is 37.7 Å². The summed E-state index contributed by atoms with van der Waals surface area (Å²) in [5, 5.41) is 0.755. The molecular weight excluding hydrogens is 392 g/mol. The van der Waals surface area contributed by atoms with Gasteiger partial charge in [-0.2, -0.15) is 0 Å². The maximum atomic E-state index is 11.6. The fraction of sp³-hybridized carbons (Fsp3) is 0.333. The topological polar surface area (TPSA) is 118 Å². The number of benzene rings is 1. The molecule has 0 radical (unpaired) electrons. The van der Waals surface area contributed by atoms with Crippen molar-refractivity contribution in [3.63, 3.8) is 0 Å². The molecule has 1 aromatic carbocycles. The zero-order valence-electron chi connectivity index (χ0n) is 14.6. The second-order valence-corrected chi connectivity index (χ2v) is 7.02. The average Bonchev–Trinajstić information content (AvgIpc) is 2.66. The molecule has 0 bridgehead atoms. The molecule has 1 aliphatic rings. The highest BCUT2D eigenvalue weighted by Crippen LogP contribution is 2.34. The molecule has 2 heterocycles. The molecule has 9 nitrogen and oxygen atoms in total. The van der Waals surface area contributed by atoms with Crippen LogP contribution >= 0.6 is 11.8 Å². The first-order chi connectivity index (χ1) is 13.6. The molecule has 1 saturated heterocycles. The summed E-state index contributed by atoms with van der Waals surface area (Å²) in [6.45, 7) is 2.42. The lowest BCUT2D eigenvalue weighted by Gasteiger charge is -2.38. The maximum Gasteiger partial charge on any atom is 0.336 e. The van der Waals surface area contributed by atoms with Gasteiger partial charge in [0.15, 0.2) is 23.7 Å². The highest BCUT2D eigenvalue weighted by molar-refractivity contribution is 7.99. The molecule has 148 valence electrons. The minimum Gasteiger partial charge on any atom is -0.476 e. The first-order valence-electron chi connectivity index (χ1n) is 8.17. The Morgan fingerprint density at radius 1 is 1.04 bits per heavy atom. The molecule has 1 aromatic heterocycles. The molecule has 4 atom stereocenters. The van der Waals surface area contributed by atoms with Crippen LogP contribution in [-0.4, -0.2) is 48.9 Å². The van der Waals surface area contributed by atoms with Crippen LogP contribution in [0.4, 0.5) is 0 Å². The number of fused-ring (bicyclic) bond motifs is 1. The van der Waals surface area contributed by atoms with Crippen LogP contribution in [0.2, 0.25) is 0 Å². The summed E-state index contributed by atoms with van der Waals surface area (Å²) < 4.78 is 26.0. The van der Waals surface area contributed by atoms with Crippen LogP contribution < -0.4 is 10.4 Å². The number of hydrogen-bond donors (Lipinski definition) is 0. The molecule has 1 unspecified atom stereocenters. The first kappa shape index (κ1) is 19.7. The van der Waals surface area contributed by atoms with E-state index < -0.39 is 29.4 Å². The normalized spacial score (nSPS) is 24.2. The molecule has 0 amide bonds. The van der Waals surface area contributed by atoms with Gasteiger partial charge in [-0.25, -0.2) is 4.79 Å². The zero-order chi connectivity index (χ0) is 20.1. The van der Waals surface area contributed by atoms with E-state index in [9.17, 15) is 19.2 Å². The van der Waals surface area contributed by atoms with Gasteiger partial charge in [0.25, 0.3) is 19.4 Å². The SMILES string of the molecule is Cc1cc(=O)oc2cc(O[C@@H]3SC[C@@H](OC=O)C(OC=O)[C@H]3OC=O)ccc12. The largest absolute Gasteiger partial charge is 0.476 e. The van der Waals surface area contributed by atoms with Crippen molar-refractivity contribution in [1.82, 2.24) is 0 Å². The van der Waals surface area contributed by atoms with Gasteiger partial charge in [-0.15, -0.1) is 11.8 Å². The third-order valence-electron chi connectivity index (χ3n) is 4.21. The summed E-state index contributed by atoms with van der Waals surface area (Å²) in [4.78, 5) is 44.1. The van der Waals surface area contributed by atoms with E-state index in [0.717, 1.165) is 10.9 Å². The van der Waals surface area contributed by atoms with Gasteiger partial charge in [0, 0.05) is 23.3 Å². The Morgan fingerprint density at radius 2 is 1.75 bits per heavy atom. The lowest BCUT2D eigenvalue weighted by Crippen LogP contribution is -2.54. The summed E-state index contributed by atoms with van der Waals surface area (Å²) in [7, 11) is 0. The summed E-state index contributed by atoms with van der Waals surface area (Å²) >= 11 is 1.22. The molecule has 0 spiro atoms. The number of ether oxygens (including phenoxy) is 4. The van der Waals surface area contributed by atoms with E-state index in [2.05, 4.69) is 0 Å². The smallest absolute Gasteiger partial charge is 0.336 e. The van der Waals surface area contributed by atoms with Crippen LogP contribution in [0, 0.1) is 6.92 Å². The lowest BCUT2D eigenvalue weighted by atomic mass is 10.1. The standard InChI is InChI=1S/C18H16O9S/c1-10-4-15(22)27-13-5-11(2-3-12(10)13)26-18-17(25-9-21)16(24-8-20)14(6-28-18)23-7-19/h2-5,7-9,14,16-18H,6H2,1H3/t14-,16?,17-,18-/m1/s1. The minimum atomic E-state index is -1.03. The van der Waals surface area contributed by atoms with Gasteiger partial charge in [0.2, 0.25) is 0 Å². The second kappa shape index (κ2) is 8.79.